The van der Waals surface area contributed by atoms with Gasteiger partial charge in [0.05, 0.1) is 5.56 Å². The fraction of sp³-hybridized carbons (Fsp3) is 0.316. The van der Waals surface area contributed by atoms with Gasteiger partial charge in [-0.25, -0.2) is 0 Å². The van der Waals surface area contributed by atoms with Gasteiger partial charge >= 0.3 is 6.18 Å². The first kappa shape index (κ1) is 20.3. The van der Waals surface area contributed by atoms with Gasteiger partial charge in [0, 0.05) is 11.6 Å². The van der Waals surface area contributed by atoms with Crippen molar-refractivity contribution in [2.24, 2.45) is 0 Å². The minimum absolute atomic E-state index is 0. The summed E-state index contributed by atoms with van der Waals surface area (Å²) in [5.41, 5.74) is 0.986. The third-order valence-electron chi connectivity index (χ3n) is 4.37. The molecule has 1 amide bonds. The molecule has 0 saturated carbocycles. The first-order chi connectivity index (χ1) is 11.9. The van der Waals surface area contributed by atoms with Crippen molar-refractivity contribution in [1.82, 2.24) is 10.6 Å². The molecule has 0 spiro atoms. The number of piperidine rings is 1. The largest absolute Gasteiger partial charge is 0.416 e. The van der Waals surface area contributed by atoms with Crippen molar-refractivity contribution in [2.45, 2.75) is 25.1 Å². The molecule has 26 heavy (non-hydrogen) atoms. The van der Waals surface area contributed by atoms with Crippen LogP contribution in [0.2, 0.25) is 0 Å². The lowest BCUT2D eigenvalue weighted by Crippen LogP contribution is -2.42. The summed E-state index contributed by atoms with van der Waals surface area (Å²) in [6, 6.07) is 12.0. The Kier molecular flexibility index (Phi) is 6.67. The Bertz CT molecular complexity index is 741. The number of carbonyl (C=O) groups is 1. The van der Waals surface area contributed by atoms with Crippen molar-refractivity contribution in [3.05, 3.63) is 59.7 Å². The van der Waals surface area contributed by atoms with Crippen LogP contribution in [0.25, 0.3) is 11.1 Å². The number of hydrogen-bond acceptors (Lipinski definition) is 2. The van der Waals surface area contributed by atoms with Crippen LogP contribution in [0, 0.1) is 0 Å². The number of amides is 1. The van der Waals surface area contributed by atoms with Crippen molar-refractivity contribution < 1.29 is 18.0 Å². The summed E-state index contributed by atoms with van der Waals surface area (Å²) in [7, 11) is 0. The molecule has 140 valence electrons. The van der Waals surface area contributed by atoms with Crippen molar-refractivity contribution in [1.29, 1.82) is 0 Å². The Morgan fingerprint density at radius 1 is 1.00 bits per heavy atom. The first-order valence-corrected chi connectivity index (χ1v) is 8.23. The molecule has 3 rings (SSSR count). The Labute approximate surface area is 156 Å². The highest BCUT2D eigenvalue weighted by molar-refractivity contribution is 6.01. The third kappa shape index (κ3) is 4.77. The van der Waals surface area contributed by atoms with Crippen LogP contribution < -0.4 is 10.6 Å². The molecule has 0 aromatic heterocycles. The highest BCUT2D eigenvalue weighted by atomic mass is 35.5. The predicted molar refractivity (Wildman–Crippen MR) is 97.5 cm³/mol. The standard InChI is InChI=1S/C19H19F3N2O.ClH/c20-19(21,22)14-7-5-13(6-8-14)16-3-1-2-4-17(16)18(25)24-15-9-11-23-12-10-15;/h1-8,15,23H,9-12H2,(H,24,25);1H. The van der Waals surface area contributed by atoms with Crippen molar-refractivity contribution >= 4 is 18.3 Å². The van der Waals surface area contributed by atoms with E-state index >= 15 is 0 Å². The number of benzene rings is 2. The Morgan fingerprint density at radius 2 is 1.62 bits per heavy atom. The van der Waals surface area contributed by atoms with Crippen LogP contribution in [0.3, 0.4) is 0 Å². The molecule has 2 aromatic rings. The summed E-state index contributed by atoms with van der Waals surface area (Å²) >= 11 is 0. The van der Waals surface area contributed by atoms with E-state index < -0.39 is 11.7 Å². The summed E-state index contributed by atoms with van der Waals surface area (Å²) in [6.45, 7) is 1.73. The smallest absolute Gasteiger partial charge is 0.349 e. The molecule has 2 aromatic carbocycles. The maximum absolute atomic E-state index is 12.7. The summed E-state index contributed by atoms with van der Waals surface area (Å²) in [4.78, 5) is 12.6. The first-order valence-electron chi connectivity index (χ1n) is 8.23. The van der Waals surface area contributed by atoms with Crippen LogP contribution in [0.1, 0.15) is 28.8 Å². The summed E-state index contributed by atoms with van der Waals surface area (Å²) in [5, 5.41) is 6.26. The molecule has 0 aliphatic carbocycles. The number of halogens is 4. The quantitative estimate of drug-likeness (QED) is 0.829. The zero-order chi connectivity index (χ0) is 17.9. The Hall–Kier alpha value is -2.05. The maximum Gasteiger partial charge on any atom is 0.416 e. The van der Waals surface area contributed by atoms with Gasteiger partial charge in [-0.2, -0.15) is 13.2 Å². The lowest BCUT2D eigenvalue weighted by atomic mass is 9.97. The van der Waals surface area contributed by atoms with Crippen LogP contribution in [-0.4, -0.2) is 25.0 Å². The SMILES string of the molecule is Cl.O=C(NC1CCNCC1)c1ccccc1-c1ccc(C(F)(F)F)cc1. The number of carbonyl (C=O) groups excluding carboxylic acids is 1. The molecule has 3 nitrogen and oxygen atoms in total. The van der Waals surface area contributed by atoms with Crippen LogP contribution in [0.4, 0.5) is 13.2 Å². The second-order valence-corrected chi connectivity index (χ2v) is 6.12. The average molecular weight is 385 g/mol. The van der Waals surface area contributed by atoms with E-state index in [0.29, 0.717) is 16.7 Å². The second-order valence-electron chi connectivity index (χ2n) is 6.12. The van der Waals surface area contributed by atoms with Gasteiger partial charge < -0.3 is 10.6 Å². The van der Waals surface area contributed by atoms with Gasteiger partial charge in [0.15, 0.2) is 0 Å². The van der Waals surface area contributed by atoms with Gasteiger partial charge in [0.2, 0.25) is 0 Å². The molecule has 1 saturated heterocycles. The lowest BCUT2D eigenvalue weighted by molar-refractivity contribution is -0.137. The molecule has 0 unspecified atom stereocenters. The summed E-state index contributed by atoms with van der Waals surface area (Å²) in [5.74, 6) is -0.192. The van der Waals surface area contributed by atoms with Crippen molar-refractivity contribution in [2.75, 3.05) is 13.1 Å². The minimum Gasteiger partial charge on any atom is -0.349 e. The van der Waals surface area contributed by atoms with E-state index in [1.165, 1.54) is 12.1 Å². The molecule has 1 aliphatic heterocycles. The molecule has 0 radical (unpaired) electrons. The third-order valence-corrected chi connectivity index (χ3v) is 4.37. The normalized spacial score (nSPS) is 15.2. The molecule has 7 heteroatoms. The topological polar surface area (TPSA) is 41.1 Å². The van der Waals surface area contributed by atoms with Crippen molar-refractivity contribution in [3.63, 3.8) is 0 Å². The predicted octanol–water partition coefficient (Wildman–Crippen LogP) is 4.28. The molecule has 0 bridgehead atoms. The molecule has 0 atom stereocenters. The van der Waals surface area contributed by atoms with E-state index in [1.54, 1.807) is 24.3 Å². The van der Waals surface area contributed by atoms with Crippen LogP contribution in [-0.2, 0) is 6.18 Å². The molecule has 2 N–H and O–H groups in total. The van der Waals surface area contributed by atoms with E-state index in [-0.39, 0.29) is 24.4 Å². The number of hydrogen-bond donors (Lipinski definition) is 2. The van der Waals surface area contributed by atoms with E-state index in [9.17, 15) is 18.0 Å². The molecule has 1 aliphatic rings. The van der Waals surface area contributed by atoms with E-state index in [1.807, 2.05) is 0 Å². The van der Waals surface area contributed by atoms with Gasteiger partial charge in [-0.1, -0.05) is 30.3 Å². The van der Waals surface area contributed by atoms with Gasteiger partial charge in [-0.05, 0) is 55.3 Å². The van der Waals surface area contributed by atoms with Crippen molar-refractivity contribution in [3.8, 4) is 11.1 Å². The zero-order valence-corrected chi connectivity index (χ0v) is 14.8. The zero-order valence-electron chi connectivity index (χ0n) is 14.0. The Morgan fingerprint density at radius 3 is 2.23 bits per heavy atom. The highest BCUT2D eigenvalue weighted by Crippen LogP contribution is 2.31. The Balaban J connectivity index is 0.00000243. The minimum atomic E-state index is -4.37. The fourth-order valence-electron chi connectivity index (χ4n) is 3.00. The number of rotatable bonds is 3. The van der Waals surface area contributed by atoms with Crippen LogP contribution >= 0.6 is 12.4 Å². The maximum atomic E-state index is 12.7. The average Bonchev–Trinajstić information content (AvgIpc) is 2.62. The number of nitrogens with one attached hydrogen (secondary N) is 2. The highest BCUT2D eigenvalue weighted by Gasteiger charge is 2.30. The number of alkyl halides is 3. The van der Waals surface area contributed by atoms with Gasteiger partial charge in [-0.3, -0.25) is 4.79 Å². The van der Waals surface area contributed by atoms with Crippen LogP contribution in [0.15, 0.2) is 48.5 Å². The van der Waals surface area contributed by atoms with E-state index in [2.05, 4.69) is 10.6 Å². The van der Waals surface area contributed by atoms with E-state index in [0.717, 1.165) is 38.1 Å². The lowest BCUT2D eigenvalue weighted by Gasteiger charge is -2.24. The van der Waals surface area contributed by atoms with E-state index in [4.69, 9.17) is 0 Å². The molecule has 1 heterocycles. The van der Waals surface area contributed by atoms with Crippen LogP contribution in [0.5, 0.6) is 0 Å². The van der Waals surface area contributed by atoms with Gasteiger partial charge in [0.1, 0.15) is 0 Å². The fourth-order valence-corrected chi connectivity index (χ4v) is 3.00. The van der Waals surface area contributed by atoms with Gasteiger partial charge in [-0.15, -0.1) is 12.4 Å². The molecular weight excluding hydrogens is 365 g/mol. The molecular formula is C19H20ClF3N2O. The second kappa shape index (κ2) is 8.56. The summed E-state index contributed by atoms with van der Waals surface area (Å²) < 4.78 is 38.2. The monoisotopic (exact) mass is 384 g/mol. The molecule has 1 fully saturated rings. The van der Waals surface area contributed by atoms with Gasteiger partial charge in [0.25, 0.3) is 5.91 Å². The summed E-state index contributed by atoms with van der Waals surface area (Å²) in [6.07, 6.45) is -2.63.